The largest absolute Gasteiger partial charge is 0.299 e. The van der Waals surface area contributed by atoms with Crippen molar-refractivity contribution < 1.29 is 9.36 Å². The van der Waals surface area contributed by atoms with Crippen molar-refractivity contribution in [3.63, 3.8) is 0 Å². The van der Waals surface area contributed by atoms with Crippen LogP contribution in [-0.4, -0.2) is 5.78 Å². The molecule has 1 aliphatic rings. The molecule has 2 rings (SSSR count). The molecule has 1 unspecified atom stereocenters. The second kappa shape index (κ2) is 5.24. The van der Waals surface area contributed by atoms with Gasteiger partial charge >= 0.3 is 0 Å². The van der Waals surface area contributed by atoms with E-state index in [2.05, 4.69) is 36.0 Å². The normalized spacial score (nSPS) is 21.1. The molecule has 1 aromatic heterocycles. The number of Topliss-reactive ketones (excluding diaryl/α,β-unsaturated/α-hetero) is 1. The van der Waals surface area contributed by atoms with Gasteiger partial charge in [-0.2, -0.15) is 0 Å². The summed E-state index contributed by atoms with van der Waals surface area (Å²) in [6, 6.07) is 4.23. The Balaban J connectivity index is 1.86. The lowest BCUT2D eigenvalue weighted by atomic mass is 9.86. The van der Waals surface area contributed by atoms with Crippen LogP contribution in [0.5, 0.6) is 0 Å². The van der Waals surface area contributed by atoms with Gasteiger partial charge in [0.25, 0.3) is 0 Å². The molecule has 0 spiro atoms. The minimum absolute atomic E-state index is 0.322. The molecule has 0 bridgehead atoms. The number of aryl methyl sites for hydroxylation is 2. The quantitative estimate of drug-likeness (QED) is 0.714. The zero-order chi connectivity index (χ0) is 11.4. The average molecular weight is 218 g/mol. The van der Waals surface area contributed by atoms with Gasteiger partial charge in [-0.3, -0.25) is 4.79 Å². The molecule has 0 saturated heterocycles. The molecule has 1 saturated carbocycles. The molecule has 2 heteroatoms. The SMILES string of the molecule is Cc1cc[n+](CCC2CCCCC2=O)cc1. The van der Waals surface area contributed by atoms with Gasteiger partial charge in [0, 0.05) is 30.9 Å². The van der Waals surface area contributed by atoms with Gasteiger partial charge < -0.3 is 0 Å². The summed E-state index contributed by atoms with van der Waals surface area (Å²) in [5, 5.41) is 0. The van der Waals surface area contributed by atoms with E-state index in [0.29, 0.717) is 11.7 Å². The van der Waals surface area contributed by atoms with E-state index in [4.69, 9.17) is 0 Å². The van der Waals surface area contributed by atoms with E-state index < -0.39 is 0 Å². The zero-order valence-electron chi connectivity index (χ0n) is 9.98. The molecule has 2 nitrogen and oxygen atoms in total. The molecule has 16 heavy (non-hydrogen) atoms. The first-order chi connectivity index (χ1) is 7.75. The fourth-order valence-electron chi connectivity index (χ4n) is 2.35. The third kappa shape index (κ3) is 2.91. The number of nitrogens with zero attached hydrogens (tertiary/aromatic N) is 1. The molecule has 1 heterocycles. The number of aromatic nitrogens is 1. The lowest BCUT2D eigenvalue weighted by Crippen LogP contribution is -2.35. The number of rotatable bonds is 3. The van der Waals surface area contributed by atoms with Crippen LogP contribution in [0.3, 0.4) is 0 Å². The van der Waals surface area contributed by atoms with Gasteiger partial charge in [-0.25, -0.2) is 4.57 Å². The molecular formula is C14H20NO+. The van der Waals surface area contributed by atoms with Crippen LogP contribution in [0.1, 0.15) is 37.7 Å². The Morgan fingerprint density at radius 3 is 2.75 bits per heavy atom. The molecule has 1 fully saturated rings. The van der Waals surface area contributed by atoms with Crippen LogP contribution < -0.4 is 4.57 Å². The van der Waals surface area contributed by atoms with E-state index >= 15 is 0 Å². The summed E-state index contributed by atoms with van der Waals surface area (Å²) >= 11 is 0. The molecule has 0 aliphatic heterocycles. The van der Waals surface area contributed by atoms with Crippen LogP contribution in [0.4, 0.5) is 0 Å². The molecule has 0 N–H and O–H groups in total. The van der Waals surface area contributed by atoms with Crippen LogP contribution in [0.25, 0.3) is 0 Å². The third-order valence-electron chi connectivity index (χ3n) is 3.47. The second-order valence-corrected chi connectivity index (χ2v) is 4.81. The van der Waals surface area contributed by atoms with Crippen molar-refractivity contribution >= 4 is 5.78 Å². The third-order valence-corrected chi connectivity index (χ3v) is 3.47. The average Bonchev–Trinajstić information content (AvgIpc) is 2.30. The predicted molar refractivity (Wildman–Crippen MR) is 63.0 cm³/mol. The van der Waals surface area contributed by atoms with Crippen molar-refractivity contribution in [2.45, 2.75) is 45.6 Å². The van der Waals surface area contributed by atoms with Gasteiger partial charge in [-0.1, -0.05) is 6.42 Å². The molecule has 1 aliphatic carbocycles. The van der Waals surface area contributed by atoms with Gasteiger partial charge in [0.15, 0.2) is 12.4 Å². The second-order valence-electron chi connectivity index (χ2n) is 4.81. The zero-order valence-corrected chi connectivity index (χ0v) is 9.98. The summed E-state index contributed by atoms with van der Waals surface area (Å²) in [5.41, 5.74) is 1.28. The Hall–Kier alpha value is -1.18. The Kier molecular flexibility index (Phi) is 3.70. The number of pyridine rings is 1. The van der Waals surface area contributed by atoms with Gasteiger partial charge in [-0.05, 0) is 25.3 Å². The summed E-state index contributed by atoms with van der Waals surface area (Å²) in [5.74, 6) is 0.807. The summed E-state index contributed by atoms with van der Waals surface area (Å²) in [7, 11) is 0. The molecule has 0 amide bonds. The Morgan fingerprint density at radius 2 is 2.06 bits per heavy atom. The standard InChI is InChI=1S/C14H20NO/c1-12-6-9-15(10-7-12)11-8-13-4-2-3-5-14(13)16/h6-7,9-10,13H,2-5,8,11H2,1H3/q+1. The van der Waals surface area contributed by atoms with Crippen LogP contribution in [0.15, 0.2) is 24.5 Å². The van der Waals surface area contributed by atoms with Crippen LogP contribution in [0, 0.1) is 12.8 Å². The topological polar surface area (TPSA) is 20.9 Å². The number of ketones is 1. The maximum atomic E-state index is 11.7. The van der Waals surface area contributed by atoms with Gasteiger partial charge in [0.2, 0.25) is 0 Å². The predicted octanol–water partition coefficient (Wildman–Crippen LogP) is 2.43. The first-order valence-corrected chi connectivity index (χ1v) is 6.24. The van der Waals surface area contributed by atoms with E-state index in [1.807, 2.05) is 0 Å². The number of carbonyl (C=O) groups is 1. The summed E-state index contributed by atoms with van der Waals surface area (Å²) in [6.07, 6.45) is 9.45. The molecule has 0 aromatic carbocycles. The monoisotopic (exact) mass is 218 g/mol. The highest BCUT2D eigenvalue weighted by Crippen LogP contribution is 2.23. The molecule has 1 aromatic rings. The summed E-state index contributed by atoms with van der Waals surface area (Å²) < 4.78 is 2.18. The fraction of sp³-hybridized carbons (Fsp3) is 0.571. The van der Waals surface area contributed by atoms with Crippen molar-refractivity contribution in [1.29, 1.82) is 0 Å². The minimum Gasteiger partial charge on any atom is -0.299 e. The number of hydrogen-bond donors (Lipinski definition) is 0. The summed E-state index contributed by atoms with van der Waals surface area (Å²) in [4.78, 5) is 11.7. The fourth-order valence-corrected chi connectivity index (χ4v) is 2.35. The molecule has 86 valence electrons. The maximum absolute atomic E-state index is 11.7. The van der Waals surface area contributed by atoms with E-state index in [1.165, 1.54) is 12.0 Å². The molecule has 1 atom stereocenters. The molecule has 0 radical (unpaired) electrons. The Labute approximate surface area is 97.3 Å². The number of hydrogen-bond acceptors (Lipinski definition) is 1. The lowest BCUT2D eigenvalue weighted by molar-refractivity contribution is -0.698. The minimum atomic E-state index is 0.322. The van der Waals surface area contributed by atoms with Crippen molar-refractivity contribution in [3.05, 3.63) is 30.1 Å². The van der Waals surface area contributed by atoms with Crippen molar-refractivity contribution in [3.8, 4) is 0 Å². The first-order valence-electron chi connectivity index (χ1n) is 6.24. The highest BCUT2D eigenvalue weighted by Gasteiger charge is 2.22. The van der Waals surface area contributed by atoms with Crippen LogP contribution in [-0.2, 0) is 11.3 Å². The highest BCUT2D eigenvalue weighted by molar-refractivity contribution is 5.81. The molecular weight excluding hydrogens is 198 g/mol. The Morgan fingerprint density at radius 1 is 1.31 bits per heavy atom. The number of carbonyl (C=O) groups excluding carboxylic acids is 1. The van der Waals surface area contributed by atoms with Gasteiger partial charge in [-0.15, -0.1) is 0 Å². The lowest BCUT2D eigenvalue weighted by Gasteiger charge is -2.18. The van der Waals surface area contributed by atoms with E-state index in [-0.39, 0.29) is 0 Å². The maximum Gasteiger partial charge on any atom is 0.169 e. The van der Waals surface area contributed by atoms with Crippen molar-refractivity contribution in [2.24, 2.45) is 5.92 Å². The van der Waals surface area contributed by atoms with Crippen molar-refractivity contribution in [2.75, 3.05) is 0 Å². The van der Waals surface area contributed by atoms with E-state index in [1.54, 1.807) is 0 Å². The van der Waals surface area contributed by atoms with Gasteiger partial charge in [0.1, 0.15) is 12.3 Å². The van der Waals surface area contributed by atoms with E-state index in [9.17, 15) is 4.79 Å². The smallest absolute Gasteiger partial charge is 0.169 e. The van der Waals surface area contributed by atoms with Crippen molar-refractivity contribution in [1.82, 2.24) is 0 Å². The van der Waals surface area contributed by atoms with E-state index in [0.717, 1.165) is 32.2 Å². The Bertz CT molecular complexity index is 356. The summed E-state index contributed by atoms with van der Waals surface area (Å²) in [6.45, 7) is 3.06. The highest BCUT2D eigenvalue weighted by atomic mass is 16.1. The first kappa shape index (κ1) is 11.3. The van der Waals surface area contributed by atoms with Gasteiger partial charge in [0.05, 0.1) is 0 Å². The van der Waals surface area contributed by atoms with Crippen LogP contribution in [0.2, 0.25) is 0 Å². The van der Waals surface area contributed by atoms with Crippen LogP contribution >= 0.6 is 0 Å².